The molecular formula is C20H17ClN2O. The van der Waals surface area contributed by atoms with Crippen LogP contribution in [0.15, 0.2) is 60.8 Å². The topological polar surface area (TPSA) is 37.9 Å². The van der Waals surface area contributed by atoms with Gasteiger partial charge >= 0.3 is 0 Å². The molecule has 120 valence electrons. The van der Waals surface area contributed by atoms with Gasteiger partial charge in [0.15, 0.2) is 0 Å². The van der Waals surface area contributed by atoms with Crippen molar-refractivity contribution in [3.8, 4) is 5.75 Å². The van der Waals surface area contributed by atoms with E-state index in [1.165, 1.54) is 10.8 Å². The molecule has 0 aliphatic rings. The monoisotopic (exact) mass is 336 g/mol. The van der Waals surface area contributed by atoms with Gasteiger partial charge in [-0.3, -0.25) is 4.98 Å². The van der Waals surface area contributed by atoms with Gasteiger partial charge in [0.05, 0.1) is 23.8 Å². The van der Waals surface area contributed by atoms with Gasteiger partial charge in [-0.05, 0) is 29.8 Å². The molecule has 4 heteroatoms. The highest BCUT2D eigenvalue weighted by molar-refractivity contribution is 6.09. The quantitative estimate of drug-likeness (QED) is 0.550. The molecule has 0 amide bonds. The molecule has 0 atom stereocenters. The van der Waals surface area contributed by atoms with E-state index < -0.39 is 0 Å². The zero-order chi connectivity index (χ0) is 15.6. The number of hydrogen-bond acceptors (Lipinski definition) is 2. The third-order valence-electron chi connectivity index (χ3n) is 3.99. The Morgan fingerprint density at radius 1 is 0.958 bits per heavy atom. The minimum atomic E-state index is 0. The van der Waals surface area contributed by atoms with Crippen LogP contribution in [-0.2, 0) is 0 Å². The SMILES string of the molecule is COc1ccc2c(c1)[nH]c1c(C=Cc3ccccc3)nccc12.Cl. The maximum atomic E-state index is 5.30. The number of aromatic nitrogens is 2. The summed E-state index contributed by atoms with van der Waals surface area (Å²) < 4.78 is 5.30. The Hall–Kier alpha value is -2.78. The number of fused-ring (bicyclic) bond motifs is 3. The molecule has 3 nitrogen and oxygen atoms in total. The number of pyridine rings is 1. The number of rotatable bonds is 3. The summed E-state index contributed by atoms with van der Waals surface area (Å²) in [5.41, 5.74) is 4.19. The smallest absolute Gasteiger partial charge is 0.120 e. The predicted molar refractivity (Wildman–Crippen MR) is 103 cm³/mol. The van der Waals surface area contributed by atoms with Crippen molar-refractivity contribution >= 4 is 46.4 Å². The van der Waals surface area contributed by atoms with Crippen LogP contribution in [0, 0.1) is 0 Å². The molecule has 2 heterocycles. The molecule has 0 unspecified atom stereocenters. The van der Waals surface area contributed by atoms with Crippen LogP contribution in [0.2, 0.25) is 0 Å². The second-order valence-corrected chi connectivity index (χ2v) is 5.40. The van der Waals surface area contributed by atoms with Crippen LogP contribution in [0.3, 0.4) is 0 Å². The van der Waals surface area contributed by atoms with Gasteiger partial charge in [0, 0.05) is 23.0 Å². The molecule has 4 aromatic rings. The largest absolute Gasteiger partial charge is 0.497 e. The maximum absolute atomic E-state index is 5.30. The van der Waals surface area contributed by atoms with Crippen molar-refractivity contribution in [2.75, 3.05) is 7.11 Å². The van der Waals surface area contributed by atoms with E-state index in [1.807, 2.05) is 48.7 Å². The third-order valence-corrected chi connectivity index (χ3v) is 3.99. The van der Waals surface area contributed by atoms with Crippen molar-refractivity contribution in [1.82, 2.24) is 9.97 Å². The summed E-state index contributed by atoms with van der Waals surface area (Å²) >= 11 is 0. The van der Waals surface area contributed by atoms with Gasteiger partial charge < -0.3 is 9.72 Å². The standard InChI is InChI=1S/C20H16N2O.ClH/c1-23-15-8-9-16-17-11-12-21-18(20(17)22-19(16)13-15)10-7-14-5-3-2-4-6-14;/h2-13,22H,1H3;1H. The lowest BCUT2D eigenvalue weighted by Gasteiger charge is -1.98. The fraction of sp³-hybridized carbons (Fsp3) is 0.0500. The predicted octanol–water partition coefficient (Wildman–Crippen LogP) is 5.32. The number of nitrogens with one attached hydrogen (secondary N) is 1. The van der Waals surface area contributed by atoms with E-state index in [9.17, 15) is 0 Å². The first kappa shape index (κ1) is 16.1. The first-order chi connectivity index (χ1) is 11.3. The Morgan fingerprint density at radius 3 is 2.58 bits per heavy atom. The molecule has 0 aliphatic heterocycles. The van der Waals surface area contributed by atoms with Crippen LogP contribution >= 0.6 is 12.4 Å². The molecule has 0 radical (unpaired) electrons. The number of ether oxygens (including phenoxy) is 1. The van der Waals surface area contributed by atoms with E-state index in [0.29, 0.717) is 0 Å². The van der Waals surface area contributed by atoms with Crippen molar-refractivity contribution < 1.29 is 4.74 Å². The van der Waals surface area contributed by atoms with Gasteiger partial charge in [0.1, 0.15) is 5.75 Å². The van der Waals surface area contributed by atoms with Crippen molar-refractivity contribution in [2.45, 2.75) is 0 Å². The van der Waals surface area contributed by atoms with Gasteiger partial charge in [-0.2, -0.15) is 0 Å². The van der Waals surface area contributed by atoms with Crippen LogP contribution in [0.4, 0.5) is 0 Å². The minimum Gasteiger partial charge on any atom is -0.497 e. The van der Waals surface area contributed by atoms with E-state index in [1.54, 1.807) is 7.11 Å². The van der Waals surface area contributed by atoms with Gasteiger partial charge in [0.25, 0.3) is 0 Å². The van der Waals surface area contributed by atoms with E-state index in [2.05, 4.69) is 34.2 Å². The number of aromatic amines is 1. The Balaban J connectivity index is 0.00000169. The zero-order valence-corrected chi connectivity index (χ0v) is 14.0. The Bertz CT molecular complexity index is 1010. The lowest BCUT2D eigenvalue weighted by atomic mass is 10.1. The molecule has 0 bridgehead atoms. The summed E-state index contributed by atoms with van der Waals surface area (Å²) in [6.45, 7) is 0. The first-order valence-electron chi connectivity index (χ1n) is 7.53. The minimum absolute atomic E-state index is 0. The van der Waals surface area contributed by atoms with Crippen molar-refractivity contribution in [3.05, 3.63) is 72.1 Å². The molecule has 2 aromatic heterocycles. The van der Waals surface area contributed by atoms with E-state index >= 15 is 0 Å². The lowest BCUT2D eigenvalue weighted by molar-refractivity contribution is 0.415. The number of hydrogen-bond donors (Lipinski definition) is 1. The number of nitrogens with zero attached hydrogens (tertiary/aromatic N) is 1. The van der Waals surface area contributed by atoms with Gasteiger partial charge in [-0.15, -0.1) is 12.4 Å². The third kappa shape index (κ3) is 2.86. The fourth-order valence-corrected chi connectivity index (χ4v) is 2.82. The molecular weight excluding hydrogens is 320 g/mol. The van der Waals surface area contributed by atoms with E-state index in [0.717, 1.165) is 28.0 Å². The molecule has 0 fully saturated rings. The normalized spacial score (nSPS) is 11.0. The Morgan fingerprint density at radius 2 is 1.79 bits per heavy atom. The maximum Gasteiger partial charge on any atom is 0.120 e. The fourth-order valence-electron chi connectivity index (χ4n) is 2.82. The molecule has 0 aliphatic carbocycles. The first-order valence-corrected chi connectivity index (χ1v) is 7.53. The van der Waals surface area contributed by atoms with Crippen LogP contribution in [0.25, 0.3) is 34.0 Å². The Labute approximate surface area is 146 Å². The summed E-state index contributed by atoms with van der Waals surface area (Å²) in [6.07, 6.45) is 5.97. The number of benzene rings is 2. The van der Waals surface area contributed by atoms with E-state index in [4.69, 9.17) is 4.74 Å². The summed E-state index contributed by atoms with van der Waals surface area (Å²) in [4.78, 5) is 7.97. The molecule has 2 aromatic carbocycles. The number of methoxy groups -OCH3 is 1. The van der Waals surface area contributed by atoms with Crippen molar-refractivity contribution in [3.63, 3.8) is 0 Å². The molecule has 0 saturated carbocycles. The van der Waals surface area contributed by atoms with Crippen molar-refractivity contribution in [1.29, 1.82) is 0 Å². The molecule has 24 heavy (non-hydrogen) atoms. The Kier molecular flexibility index (Phi) is 4.54. The van der Waals surface area contributed by atoms with Gasteiger partial charge in [-0.1, -0.05) is 36.4 Å². The highest BCUT2D eigenvalue weighted by Crippen LogP contribution is 2.29. The molecule has 4 rings (SSSR count). The number of halogens is 1. The van der Waals surface area contributed by atoms with Gasteiger partial charge in [0.2, 0.25) is 0 Å². The van der Waals surface area contributed by atoms with Crippen LogP contribution in [0.5, 0.6) is 5.75 Å². The highest BCUT2D eigenvalue weighted by Gasteiger charge is 2.08. The molecule has 0 spiro atoms. The highest BCUT2D eigenvalue weighted by atomic mass is 35.5. The summed E-state index contributed by atoms with van der Waals surface area (Å²) in [6, 6.07) is 18.3. The summed E-state index contributed by atoms with van der Waals surface area (Å²) in [5, 5.41) is 2.35. The summed E-state index contributed by atoms with van der Waals surface area (Å²) in [5.74, 6) is 0.846. The van der Waals surface area contributed by atoms with Gasteiger partial charge in [-0.25, -0.2) is 0 Å². The van der Waals surface area contributed by atoms with Crippen LogP contribution < -0.4 is 4.74 Å². The number of H-pyrrole nitrogens is 1. The van der Waals surface area contributed by atoms with Crippen LogP contribution in [0.1, 0.15) is 11.3 Å². The van der Waals surface area contributed by atoms with Crippen molar-refractivity contribution in [2.24, 2.45) is 0 Å². The van der Waals surface area contributed by atoms with Crippen LogP contribution in [-0.4, -0.2) is 17.1 Å². The van der Waals surface area contributed by atoms with E-state index in [-0.39, 0.29) is 12.4 Å². The second-order valence-electron chi connectivity index (χ2n) is 5.40. The lowest BCUT2D eigenvalue weighted by Crippen LogP contribution is -1.82. The average Bonchev–Trinajstić information content (AvgIpc) is 2.99. The molecule has 1 N–H and O–H groups in total. The average molecular weight is 337 g/mol. The zero-order valence-electron chi connectivity index (χ0n) is 13.2. The molecule has 0 saturated heterocycles. The summed E-state index contributed by atoms with van der Waals surface area (Å²) in [7, 11) is 1.68. The second kappa shape index (κ2) is 6.77.